The van der Waals surface area contributed by atoms with Crippen molar-refractivity contribution in [2.45, 2.75) is 6.54 Å². The van der Waals surface area contributed by atoms with Crippen molar-refractivity contribution in [3.05, 3.63) is 46.7 Å². The number of hydrogen-bond acceptors (Lipinski definition) is 3. The van der Waals surface area contributed by atoms with Gasteiger partial charge in [0, 0.05) is 30.9 Å². The molecule has 4 nitrogen and oxygen atoms in total. The third-order valence-electron chi connectivity index (χ3n) is 2.53. The van der Waals surface area contributed by atoms with Gasteiger partial charge in [-0.3, -0.25) is 0 Å². The zero-order chi connectivity index (χ0) is 12.8. The monoisotopic (exact) mass is 309 g/mol. The van der Waals surface area contributed by atoms with E-state index in [2.05, 4.69) is 26.3 Å². The Morgan fingerprint density at radius 1 is 1.33 bits per heavy atom. The highest BCUT2D eigenvalue weighted by Gasteiger charge is 2.03. The first-order chi connectivity index (χ1) is 8.81. The van der Waals surface area contributed by atoms with Gasteiger partial charge in [0.2, 0.25) is 0 Å². The minimum atomic E-state index is 0.713. The van der Waals surface area contributed by atoms with Gasteiger partial charge in [-0.25, -0.2) is 4.68 Å². The Balaban J connectivity index is 2.00. The first-order valence-corrected chi connectivity index (χ1v) is 6.59. The lowest BCUT2D eigenvalue weighted by Gasteiger charge is -2.04. The Morgan fingerprint density at radius 3 is 2.94 bits per heavy atom. The number of aromatic nitrogens is 2. The largest absolute Gasteiger partial charge is 0.383 e. The van der Waals surface area contributed by atoms with Gasteiger partial charge in [-0.1, -0.05) is 12.1 Å². The molecule has 0 aliphatic carbocycles. The van der Waals surface area contributed by atoms with Gasteiger partial charge in [-0.2, -0.15) is 5.10 Å². The van der Waals surface area contributed by atoms with Gasteiger partial charge >= 0.3 is 0 Å². The molecule has 96 valence electrons. The van der Waals surface area contributed by atoms with E-state index < -0.39 is 0 Å². The molecule has 0 saturated heterocycles. The fraction of sp³-hybridized carbons (Fsp3) is 0.308. The number of rotatable bonds is 6. The van der Waals surface area contributed by atoms with Crippen LogP contribution in [0.25, 0.3) is 5.69 Å². The highest BCUT2D eigenvalue weighted by molar-refractivity contribution is 9.10. The van der Waals surface area contributed by atoms with Crippen LogP contribution in [-0.2, 0) is 11.3 Å². The van der Waals surface area contributed by atoms with Crippen molar-refractivity contribution in [2.75, 3.05) is 20.3 Å². The maximum Gasteiger partial charge on any atom is 0.0787 e. The Hall–Kier alpha value is -1.17. The SMILES string of the molecule is COCCNCc1ccn(-c2ccccc2Br)n1. The lowest BCUT2D eigenvalue weighted by molar-refractivity contribution is 0.199. The summed E-state index contributed by atoms with van der Waals surface area (Å²) in [5.41, 5.74) is 2.06. The number of hydrogen-bond donors (Lipinski definition) is 1. The van der Waals surface area contributed by atoms with Crippen molar-refractivity contribution < 1.29 is 4.74 Å². The Kier molecular flexibility index (Phi) is 4.92. The molecule has 1 heterocycles. The van der Waals surface area contributed by atoms with Crippen LogP contribution in [0, 0.1) is 0 Å². The molecule has 0 fully saturated rings. The molecule has 0 spiro atoms. The van der Waals surface area contributed by atoms with Crippen LogP contribution >= 0.6 is 15.9 Å². The van der Waals surface area contributed by atoms with E-state index in [9.17, 15) is 0 Å². The molecule has 0 aliphatic rings. The second-order valence-electron chi connectivity index (χ2n) is 3.87. The summed E-state index contributed by atoms with van der Waals surface area (Å²) in [6.07, 6.45) is 1.97. The Bertz CT molecular complexity index is 498. The zero-order valence-electron chi connectivity index (χ0n) is 10.3. The number of nitrogens with one attached hydrogen (secondary N) is 1. The maximum absolute atomic E-state index is 4.98. The standard InChI is InChI=1S/C13H16BrN3O/c1-18-9-7-15-10-11-6-8-17(16-11)13-5-3-2-4-12(13)14/h2-6,8,15H,7,9-10H2,1H3. The van der Waals surface area contributed by atoms with E-state index in [-0.39, 0.29) is 0 Å². The highest BCUT2D eigenvalue weighted by Crippen LogP contribution is 2.19. The van der Waals surface area contributed by atoms with E-state index in [4.69, 9.17) is 4.74 Å². The molecule has 0 amide bonds. The molecule has 0 aliphatic heterocycles. The van der Waals surface area contributed by atoms with Crippen molar-refractivity contribution in [3.8, 4) is 5.69 Å². The fourth-order valence-corrected chi connectivity index (χ4v) is 2.08. The summed E-state index contributed by atoms with van der Waals surface area (Å²) in [6, 6.07) is 10.0. The summed E-state index contributed by atoms with van der Waals surface area (Å²) < 4.78 is 7.88. The summed E-state index contributed by atoms with van der Waals surface area (Å²) in [4.78, 5) is 0. The van der Waals surface area contributed by atoms with Crippen LogP contribution in [0.5, 0.6) is 0 Å². The van der Waals surface area contributed by atoms with E-state index in [0.717, 1.165) is 28.9 Å². The lowest BCUT2D eigenvalue weighted by atomic mass is 10.3. The van der Waals surface area contributed by atoms with Crippen molar-refractivity contribution in [3.63, 3.8) is 0 Å². The molecule has 1 aromatic carbocycles. The van der Waals surface area contributed by atoms with Gasteiger partial charge in [0.15, 0.2) is 0 Å². The van der Waals surface area contributed by atoms with Crippen molar-refractivity contribution in [1.82, 2.24) is 15.1 Å². The quantitative estimate of drug-likeness (QED) is 0.833. The topological polar surface area (TPSA) is 39.1 Å². The maximum atomic E-state index is 4.98. The number of methoxy groups -OCH3 is 1. The van der Waals surface area contributed by atoms with Crippen LogP contribution in [0.3, 0.4) is 0 Å². The lowest BCUT2D eigenvalue weighted by Crippen LogP contribution is -2.18. The van der Waals surface area contributed by atoms with Gasteiger partial charge in [0.1, 0.15) is 0 Å². The molecule has 2 aromatic rings. The molecule has 0 atom stereocenters. The molecule has 0 unspecified atom stereocenters. The van der Waals surface area contributed by atoms with E-state index >= 15 is 0 Å². The van der Waals surface area contributed by atoms with Crippen LogP contribution in [0.4, 0.5) is 0 Å². The van der Waals surface area contributed by atoms with Gasteiger partial charge < -0.3 is 10.1 Å². The van der Waals surface area contributed by atoms with Crippen molar-refractivity contribution in [2.24, 2.45) is 0 Å². The second-order valence-corrected chi connectivity index (χ2v) is 4.73. The molecule has 5 heteroatoms. The van der Waals surface area contributed by atoms with E-state index in [0.29, 0.717) is 6.61 Å². The minimum Gasteiger partial charge on any atom is -0.383 e. The number of nitrogens with zero attached hydrogens (tertiary/aromatic N) is 2. The molecule has 2 rings (SSSR count). The normalized spacial score (nSPS) is 10.8. The highest BCUT2D eigenvalue weighted by atomic mass is 79.9. The molecule has 18 heavy (non-hydrogen) atoms. The van der Waals surface area contributed by atoms with Crippen LogP contribution < -0.4 is 5.32 Å². The number of para-hydroxylation sites is 1. The van der Waals surface area contributed by atoms with Gasteiger partial charge in [-0.05, 0) is 34.1 Å². The van der Waals surface area contributed by atoms with Crippen LogP contribution in [0.2, 0.25) is 0 Å². The molecule has 1 aromatic heterocycles. The van der Waals surface area contributed by atoms with E-state index in [1.54, 1.807) is 7.11 Å². The van der Waals surface area contributed by atoms with Gasteiger partial charge in [-0.15, -0.1) is 0 Å². The van der Waals surface area contributed by atoms with Crippen LogP contribution in [0.15, 0.2) is 41.0 Å². The third-order valence-corrected chi connectivity index (χ3v) is 3.20. The summed E-state index contributed by atoms with van der Waals surface area (Å²) in [5, 5.41) is 7.79. The van der Waals surface area contributed by atoms with Crippen molar-refractivity contribution in [1.29, 1.82) is 0 Å². The summed E-state index contributed by atoms with van der Waals surface area (Å²) in [7, 11) is 1.70. The summed E-state index contributed by atoms with van der Waals surface area (Å²) >= 11 is 3.52. The van der Waals surface area contributed by atoms with Gasteiger partial charge in [0.05, 0.1) is 18.0 Å². The number of ether oxygens (including phenoxy) is 1. The molecule has 0 bridgehead atoms. The first kappa shape index (κ1) is 13.3. The Labute approximate surface area is 115 Å². The number of benzene rings is 1. The average Bonchev–Trinajstić information content (AvgIpc) is 2.84. The predicted octanol–water partition coefficient (Wildman–Crippen LogP) is 2.37. The van der Waals surface area contributed by atoms with Gasteiger partial charge in [0.25, 0.3) is 0 Å². The summed E-state index contributed by atoms with van der Waals surface area (Å²) in [6.45, 7) is 2.30. The average molecular weight is 310 g/mol. The van der Waals surface area contributed by atoms with E-state index in [1.807, 2.05) is 41.2 Å². The number of halogens is 1. The van der Waals surface area contributed by atoms with Crippen molar-refractivity contribution >= 4 is 15.9 Å². The Morgan fingerprint density at radius 2 is 2.17 bits per heavy atom. The van der Waals surface area contributed by atoms with Crippen LogP contribution in [0.1, 0.15) is 5.69 Å². The fourth-order valence-electron chi connectivity index (χ4n) is 1.62. The minimum absolute atomic E-state index is 0.713. The third kappa shape index (κ3) is 3.41. The zero-order valence-corrected chi connectivity index (χ0v) is 11.9. The molecule has 0 saturated carbocycles. The van der Waals surface area contributed by atoms with Crippen LogP contribution in [-0.4, -0.2) is 30.0 Å². The second kappa shape index (κ2) is 6.68. The molecule has 1 N–H and O–H groups in total. The van der Waals surface area contributed by atoms with E-state index in [1.165, 1.54) is 0 Å². The summed E-state index contributed by atoms with van der Waals surface area (Å²) in [5.74, 6) is 0. The smallest absolute Gasteiger partial charge is 0.0787 e. The first-order valence-electron chi connectivity index (χ1n) is 5.80. The molecular formula is C13H16BrN3O. The molecule has 0 radical (unpaired) electrons. The predicted molar refractivity (Wildman–Crippen MR) is 74.8 cm³/mol. The molecular weight excluding hydrogens is 294 g/mol.